The van der Waals surface area contributed by atoms with Crippen molar-refractivity contribution in [3.05, 3.63) is 72.8 Å². The second kappa shape index (κ2) is 4.46. The van der Waals surface area contributed by atoms with E-state index in [4.69, 9.17) is 0 Å². The fraction of sp³-hybridized carbons (Fsp3) is 0. The third-order valence-corrected chi connectivity index (χ3v) is 5.37. The molecule has 0 saturated carbocycles. The van der Waals surface area contributed by atoms with E-state index in [0.29, 0.717) is 0 Å². The van der Waals surface area contributed by atoms with Gasteiger partial charge in [0.25, 0.3) is 0 Å². The lowest BCUT2D eigenvalue weighted by Crippen LogP contribution is -1.76. The van der Waals surface area contributed by atoms with Crippen LogP contribution in [0.15, 0.2) is 72.8 Å². The number of fused-ring (bicyclic) bond motifs is 4. The van der Waals surface area contributed by atoms with Crippen LogP contribution in [0.3, 0.4) is 0 Å². The van der Waals surface area contributed by atoms with E-state index in [1.54, 1.807) is 0 Å². The third-order valence-electron chi connectivity index (χ3n) is 4.22. The van der Waals surface area contributed by atoms with Crippen molar-refractivity contribution in [2.75, 3.05) is 0 Å². The molecule has 0 amide bonds. The molecule has 22 heavy (non-hydrogen) atoms. The summed E-state index contributed by atoms with van der Waals surface area (Å²) in [7, 11) is 0. The van der Waals surface area contributed by atoms with Gasteiger partial charge in [-0.05, 0) is 35.9 Å². The van der Waals surface area contributed by atoms with Crippen LogP contribution in [0.1, 0.15) is 0 Å². The third kappa shape index (κ3) is 1.71. The van der Waals surface area contributed by atoms with Gasteiger partial charge in [0.15, 0.2) is 0 Å². The first-order valence-electron chi connectivity index (χ1n) is 7.38. The lowest BCUT2D eigenvalue weighted by molar-refractivity contribution is 1.46. The quantitative estimate of drug-likeness (QED) is 0.379. The highest BCUT2D eigenvalue weighted by molar-refractivity contribution is 7.25. The minimum absolute atomic E-state index is 1.18. The first-order valence-corrected chi connectivity index (χ1v) is 8.19. The zero-order chi connectivity index (χ0) is 14.5. The predicted molar refractivity (Wildman–Crippen MR) is 96.6 cm³/mol. The molecule has 0 aliphatic heterocycles. The first-order chi connectivity index (χ1) is 10.9. The van der Waals surface area contributed by atoms with E-state index in [9.17, 15) is 0 Å². The van der Waals surface area contributed by atoms with Gasteiger partial charge in [-0.25, -0.2) is 0 Å². The van der Waals surface area contributed by atoms with Gasteiger partial charge in [0.05, 0.1) is 0 Å². The number of hydrogen-bond donors (Lipinski definition) is 1. The molecule has 0 aliphatic carbocycles. The van der Waals surface area contributed by atoms with E-state index < -0.39 is 0 Å². The number of nitrogens with one attached hydrogen (secondary N) is 1. The van der Waals surface area contributed by atoms with E-state index in [0.717, 1.165) is 0 Å². The average Bonchev–Trinajstić information content (AvgIpc) is 3.15. The molecule has 0 fully saturated rings. The van der Waals surface area contributed by atoms with Crippen LogP contribution in [-0.4, -0.2) is 4.98 Å². The number of aromatic amines is 1. The molecule has 0 saturated heterocycles. The van der Waals surface area contributed by atoms with E-state index in [-0.39, 0.29) is 0 Å². The van der Waals surface area contributed by atoms with Gasteiger partial charge in [-0.1, -0.05) is 42.5 Å². The summed E-state index contributed by atoms with van der Waals surface area (Å²) in [4.78, 5) is 3.52. The fourth-order valence-electron chi connectivity index (χ4n) is 3.12. The molecule has 0 bridgehead atoms. The Labute approximate surface area is 131 Å². The van der Waals surface area contributed by atoms with E-state index >= 15 is 0 Å². The molecule has 0 radical (unpaired) electrons. The average molecular weight is 299 g/mol. The van der Waals surface area contributed by atoms with Gasteiger partial charge in [-0.3, -0.25) is 0 Å². The number of aromatic nitrogens is 1. The molecule has 5 aromatic rings. The highest BCUT2D eigenvalue weighted by Crippen LogP contribution is 2.36. The largest absolute Gasteiger partial charge is 0.355 e. The molecule has 2 heteroatoms. The predicted octanol–water partition coefficient (Wildman–Crippen LogP) is 6.20. The first kappa shape index (κ1) is 12.0. The topological polar surface area (TPSA) is 15.8 Å². The molecule has 0 spiro atoms. The smallest absolute Gasteiger partial charge is 0.0465 e. The van der Waals surface area contributed by atoms with Gasteiger partial charge < -0.3 is 4.98 Å². The fourth-order valence-corrected chi connectivity index (χ4v) is 4.21. The molecule has 2 heterocycles. The Morgan fingerprint density at radius 3 is 2.45 bits per heavy atom. The lowest BCUT2D eigenvalue weighted by Gasteiger charge is -1.99. The Morgan fingerprint density at radius 1 is 0.682 bits per heavy atom. The minimum Gasteiger partial charge on any atom is -0.355 e. The standard InChI is InChI=1S/C20H13NS/c1-3-7-17-13(5-1)12-18(21-17)14-9-10-20-16(11-14)15-6-2-4-8-19(15)22-20/h1-12,21H. The van der Waals surface area contributed by atoms with Crippen molar-refractivity contribution in [3.63, 3.8) is 0 Å². The van der Waals surface area contributed by atoms with Crippen LogP contribution >= 0.6 is 11.3 Å². The zero-order valence-corrected chi connectivity index (χ0v) is 12.7. The summed E-state index contributed by atoms with van der Waals surface area (Å²) in [5.74, 6) is 0. The molecular formula is C20H13NS. The molecular weight excluding hydrogens is 286 g/mol. The van der Waals surface area contributed by atoms with Crippen LogP contribution in [0.4, 0.5) is 0 Å². The number of hydrogen-bond acceptors (Lipinski definition) is 1. The molecule has 1 nitrogen and oxygen atoms in total. The summed E-state index contributed by atoms with van der Waals surface area (Å²) in [6, 6.07) is 26.0. The van der Waals surface area contributed by atoms with Gasteiger partial charge >= 0.3 is 0 Å². The van der Waals surface area contributed by atoms with Crippen molar-refractivity contribution in [2.45, 2.75) is 0 Å². The van der Waals surface area contributed by atoms with E-state index in [1.807, 2.05) is 11.3 Å². The Balaban J connectivity index is 1.78. The van der Waals surface area contributed by atoms with Gasteiger partial charge in [-0.15, -0.1) is 11.3 Å². The van der Waals surface area contributed by atoms with E-state index in [1.165, 1.54) is 42.3 Å². The van der Waals surface area contributed by atoms with Crippen LogP contribution in [0.25, 0.3) is 42.3 Å². The summed E-state index contributed by atoms with van der Waals surface area (Å²) >= 11 is 1.86. The number of H-pyrrole nitrogens is 1. The molecule has 3 aromatic carbocycles. The highest BCUT2D eigenvalue weighted by Gasteiger charge is 2.08. The van der Waals surface area contributed by atoms with Gasteiger partial charge in [-0.2, -0.15) is 0 Å². The Morgan fingerprint density at radius 2 is 1.50 bits per heavy atom. The summed E-state index contributed by atoms with van der Waals surface area (Å²) in [6.07, 6.45) is 0. The van der Waals surface area contributed by atoms with Crippen molar-refractivity contribution in [2.24, 2.45) is 0 Å². The molecule has 5 rings (SSSR count). The summed E-state index contributed by atoms with van der Waals surface area (Å²) < 4.78 is 2.70. The summed E-state index contributed by atoms with van der Waals surface area (Å²) in [6.45, 7) is 0. The highest BCUT2D eigenvalue weighted by atomic mass is 32.1. The van der Waals surface area contributed by atoms with Crippen molar-refractivity contribution in [1.82, 2.24) is 4.98 Å². The maximum Gasteiger partial charge on any atom is 0.0465 e. The maximum absolute atomic E-state index is 3.52. The minimum atomic E-state index is 1.18. The lowest BCUT2D eigenvalue weighted by atomic mass is 10.1. The monoisotopic (exact) mass is 299 g/mol. The second-order valence-corrected chi connectivity index (χ2v) is 6.66. The Bertz CT molecular complexity index is 1100. The summed E-state index contributed by atoms with van der Waals surface area (Å²) in [5.41, 5.74) is 3.61. The van der Waals surface area contributed by atoms with Gasteiger partial charge in [0, 0.05) is 36.8 Å². The zero-order valence-electron chi connectivity index (χ0n) is 11.8. The van der Waals surface area contributed by atoms with Crippen molar-refractivity contribution in [3.8, 4) is 11.3 Å². The van der Waals surface area contributed by atoms with Crippen LogP contribution in [0.5, 0.6) is 0 Å². The normalized spacial score (nSPS) is 11.6. The number of thiophene rings is 1. The molecule has 0 unspecified atom stereocenters. The van der Waals surface area contributed by atoms with Crippen molar-refractivity contribution >= 4 is 42.4 Å². The van der Waals surface area contributed by atoms with Gasteiger partial charge in [0.2, 0.25) is 0 Å². The molecule has 1 N–H and O–H groups in total. The maximum atomic E-state index is 3.52. The molecule has 0 atom stereocenters. The molecule has 2 aromatic heterocycles. The van der Waals surface area contributed by atoms with E-state index in [2.05, 4.69) is 77.8 Å². The Hall–Kier alpha value is -2.58. The summed E-state index contributed by atoms with van der Waals surface area (Å²) in [5, 5.41) is 3.95. The van der Waals surface area contributed by atoms with Crippen LogP contribution in [0, 0.1) is 0 Å². The van der Waals surface area contributed by atoms with Crippen molar-refractivity contribution in [1.29, 1.82) is 0 Å². The van der Waals surface area contributed by atoms with Crippen LogP contribution < -0.4 is 0 Å². The van der Waals surface area contributed by atoms with Crippen molar-refractivity contribution < 1.29 is 0 Å². The number of para-hydroxylation sites is 1. The SMILES string of the molecule is c1ccc2[nH]c(-c3ccc4sc5ccccc5c4c3)cc2c1. The number of benzene rings is 3. The second-order valence-electron chi connectivity index (χ2n) is 5.58. The van der Waals surface area contributed by atoms with Crippen LogP contribution in [-0.2, 0) is 0 Å². The van der Waals surface area contributed by atoms with Gasteiger partial charge in [0.1, 0.15) is 0 Å². The molecule has 104 valence electrons. The van der Waals surface area contributed by atoms with Crippen LogP contribution in [0.2, 0.25) is 0 Å². The molecule has 0 aliphatic rings. The Kier molecular flexibility index (Phi) is 2.43. The number of rotatable bonds is 1.